The van der Waals surface area contributed by atoms with Gasteiger partial charge in [-0.05, 0) is 35.7 Å². The zero-order chi connectivity index (χ0) is 18.6. The van der Waals surface area contributed by atoms with Crippen molar-refractivity contribution in [1.82, 2.24) is 5.32 Å². The molecule has 0 fully saturated rings. The van der Waals surface area contributed by atoms with Gasteiger partial charge in [0.15, 0.2) is 0 Å². The normalized spacial score (nSPS) is 10.5. The van der Waals surface area contributed by atoms with Crippen molar-refractivity contribution in [2.75, 3.05) is 0 Å². The van der Waals surface area contributed by atoms with Gasteiger partial charge in [-0.15, -0.1) is 0 Å². The molecule has 25 heavy (non-hydrogen) atoms. The highest BCUT2D eigenvalue weighted by Gasteiger charge is 2.14. The van der Waals surface area contributed by atoms with Crippen LogP contribution in [0.15, 0.2) is 54.7 Å². The lowest BCUT2D eigenvalue weighted by Gasteiger charge is -2.10. The van der Waals surface area contributed by atoms with E-state index >= 15 is 0 Å². The fourth-order valence-electron chi connectivity index (χ4n) is 2.24. The van der Waals surface area contributed by atoms with Gasteiger partial charge in [0.1, 0.15) is 16.4 Å². The van der Waals surface area contributed by atoms with Crippen molar-refractivity contribution < 1.29 is 23.1 Å². The summed E-state index contributed by atoms with van der Waals surface area (Å²) in [5.41, 5.74) is 2.70. The zero-order valence-electron chi connectivity index (χ0n) is 13.5. The van der Waals surface area contributed by atoms with E-state index in [-0.39, 0.29) is 11.3 Å². The third-order valence-corrected chi connectivity index (χ3v) is 4.10. The monoisotopic (exact) mass is 359 g/mol. The van der Waals surface area contributed by atoms with Gasteiger partial charge >= 0.3 is 5.97 Å². The van der Waals surface area contributed by atoms with Crippen molar-refractivity contribution in [3.63, 3.8) is 0 Å². The number of hydrogen-bond acceptors (Lipinski definition) is 4. The molecule has 0 aromatic heterocycles. The average molecular weight is 359 g/mol. The van der Waals surface area contributed by atoms with Gasteiger partial charge in [-0.1, -0.05) is 42.5 Å². The van der Waals surface area contributed by atoms with Crippen molar-refractivity contribution >= 4 is 22.6 Å². The maximum Gasteiger partial charge on any atom is 0.351 e. The molecule has 0 spiro atoms. The first kappa shape index (κ1) is 18.4. The molecule has 1 amide bonds. The molecule has 0 heterocycles. The minimum Gasteiger partial charge on any atom is -0.477 e. The first-order valence-corrected chi connectivity index (χ1v) is 8.69. The Bertz CT molecular complexity index is 906. The Kier molecular flexibility index (Phi) is 5.71. The predicted molar refractivity (Wildman–Crippen MR) is 94.9 cm³/mol. The molecule has 0 saturated carbocycles. The molecule has 6 nitrogen and oxygen atoms in total. The molecule has 0 aliphatic carbocycles. The van der Waals surface area contributed by atoms with Gasteiger partial charge in [0.2, 0.25) is 0 Å². The van der Waals surface area contributed by atoms with Crippen molar-refractivity contribution in [3.8, 4) is 11.1 Å². The summed E-state index contributed by atoms with van der Waals surface area (Å²) >= 11 is 0. The lowest BCUT2D eigenvalue weighted by molar-refractivity contribution is -0.132. The van der Waals surface area contributed by atoms with E-state index in [1.54, 1.807) is 12.1 Å². The maximum absolute atomic E-state index is 12.2. The second kappa shape index (κ2) is 7.76. The van der Waals surface area contributed by atoms with Gasteiger partial charge in [0, 0.05) is 5.56 Å². The van der Waals surface area contributed by atoms with Crippen LogP contribution in [-0.4, -0.2) is 25.4 Å². The second-order valence-electron chi connectivity index (χ2n) is 5.51. The smallest absolute Gasteiger partial charge is 0.351 e. The number of rotatable bonds is 6. The summed E-state index contributed by atoms with van der Waals surface area (Å²) in [5, 5.41) is 11.0. The van der Waals surface area contributed by atoms with Gasteiger partial charge in [-0.25, -0.2) is 13.2 Å². The molecule has 0 aliphatic heterocycles. The van der Waals surface area contributed by atoms with Crippen LogP contribution < -0.4 is 5.32 Å². The summed E-state index contributed by atoms with van der Waals surface area (Å²) in [6.45, 7) is 5.20. The Hall–Kier alpha value is -2.93. The van der Waals surface area contributed by atoms with Crippen LogP contribution in [0.1, 0.15) is 21.5 Å². The second-order valence-corrected chi connectivity index (χ2v) is 6.50. The molecule has 2 aromatic carbocycles. The molecule has 0 bridgehead atoms. The van der Waals surface area contributed by atoms with E-state index in [2.05, 4.69) is 11.9 Å². The van der Waals surface area contributed by atoms with Crippen LogP contribution in [0.3, 0.4) is 0 Å². The van der Waals surface area contributed by atoms with Gasteiger partial charge < -0.3 is 10.4 Å². The number of aryl methyl sites for hydroxylation is 1. The number of carbonyl (C=O) groups is 2. The highest BCUT2D eigenvalue weighted by Crippen LogP contribution is 2.23. The molecule has 2 rings (SSSR count). The molecule has 2 N–H and O–H groups in total. The van der Waals surface area contributed by atoms with E-state index in [0.717, 1.165) is 11.1 Å². The van der Waals surface area contributed by atoms with Crippen LogP contribution >= 0.6 is 0 Å². The van der Waals surface area contributed by atoms with Crippen molar-refractivity contribution in [2.24, 2.45) is 0 Å². The summed E-state index contributed by atoms with van der Waals surface area (Å²) in [4.78, 5) is 23.1. The van der Waals surface area contributed by atoms with Crippen molar-refractivity contribution in [3.05, 3.63) is 71.4 Å². The average Bonchev–Trinajstić information content (AvgIpc) is 2.54. The molecule has 2 aromatic rings. The third-order valence-electron chi connectivity index (χ3n) is 3.47. The molecular weight excluding hydrogens is 342 g/mol. The van der Waals surface area contributed by atoms with Gasteiger partial charge in [-0.2, -0.15) is 0 Å². The minimum atomic E-state index is -2.67. The molecular formula is C18H17NO5S. The summed E-state index contributed by atoms with van der Waals surface area (Å²) in [7, 11) is -2.67. The lowest BCUT2D eigenvalue weighted by Crippen LogP contribution is -2.26. The number of carbonyl (C=O) groups excluding carboxylic acids is 1. The van der Waals surface area contributed by atoms with Crippen molar-refractivity contribution in [2.45, 2.75) is 12.7 Å². The number of carboxylic acids is 1. The number of carboxylic acid groups (broad SMARTS) is 1. The van der Waals surface area contributed by atoms with Crippen LogP contribution in [-0.2, 0) is 21.3 Å². The molecule has 0 atom stereocenters. The van der Waals surface area contributed by atoms with Crippen molar-refractivity contribution in [1.29, 1.82) is 0 Å². The van der Waals surface area contributed by atoms with E-state index in [4.69, 9.17) is 5.11 Å². The highest BCUT2D eigenvalue weighted by molar-refractivity contribution is 7.71. The standard InChI is InChI=1S/C18H17NO5S/c1-11-3-5-14(6-4-11)15-7-13(10-25(23)24)8-16(9-15)17(20)19-12(2)18(21)22/h3-9,25H,2,10H2,1H3,(H,19,20)(H,21,22). The summed E-state index contributed by atoms with van der Waals surface area (Å²) < 4.78 is 22.1. The molecule has 0 radical (unpaired) electrons. The van der Waals surface area contributed by atoms with Crippen LogP contribution in [0.25, 0.3) is 11.1 Å². The van der Waals surface area contributed by atoms with Crippen LogP contribution in [0, 0.1) is 6.92 Å². The lowest BCUT2D eigenvalue weighted by atomic mass is 9.99. The van der Waals surface area contributed by atoms with Gasteiger partial charge in [-0.3, -0.25) is 4.79 Å². The topological polar surface area (TPSA) is 101 Å². The number of nitrogens with one attached hydrogen (secondary N) is 1. The first-order chi connectivity index (χ1) is 11.8. The Balaban J connectivity index is 2.46. The Labute approximate surface area is 146 Å². The maximum atomic E-state index is 12.2. The van der Waals surface area contributed by atoms with E-state index in [9.17, 15) is 18.0 Å². The molecule has 7 heteroatoms. The van der Waals surface area contributed by atoms with E-state index in [1.807, 2.05) is 31.2 Å². The first-order valence-electron chi connectivity index (χ1n) is 7.32. The molecule has 130 valence electrons. The number of aliphatic carboxylic acids is 1. The van der Waals surface area contributed by atoms with Crippen LogP contribution in [0.5, 0.6) is 0 Å². The van der Waals surface area contributed by atoms with Gasteiger partial charge in [0.05, 0.1) is 5.75 Å². The van der Waals surface area contributed by atoms with Crippen LogP contribution in [0.2, 0.25) is 0 Å². The largest absolute Gasteiger partial charge is 0.477 e. The van der Waals surface area contributed by atoms with Crippen LogP contribution in [0.4, 0.5) is 0 Å². The molecule has 0 unspecified atom stereocenters. The van der Waals surface area contributed by atoms with E-state index in [0.29, 0.717) is 11.1 Å². The zero-order valence-corrected chi connectivity index (χ0v) is 14.4. The Morgan fingerprint density at radius 3 is 2.28 bits per heavy atom. The SMILES string of the molecule is C=C(NC(=O)c1cc(C[SH](=O)=O)cc(-c2ccc(C)cc2)c1)C(=O)O. The van der Waals surface area contributed by atoms with E-state index < -0.39 is 28.3 Å². The fourth-order valence-corrected chi connectivity index (χ4v) is 2.72. The number of thiol groups is 1. The Morgan fingerprint density at radius 2 is 1.72 bits per heavy atom. The molecule has 0 aliphatic rings. The summed E-state index contributed by atoms with van der Waals surface area (Å²) in [6.07, 6.45) is 0. The molecule has 0 saturated heterocycles. The summed E-state index contributed by atoms with van der Waals surface area (Å²) in [5.74, 6) is -2.22. The van der Waals surface area contributed by atoms with Gasteiger partial charge in [0.25, 0.3) is 5.91 Å². The third kappa shape index (κ3) is 5.02. The Morgan fingerprint density at radius 1 is 1.08 bits per heavy atom. The number of hydrogen-bond donors (Lipinski definition) is 3. The highest BCUT2D eigenvalue weighted by atomic mass is 32.2. The fraction of sp³-hybridized carbons (Fsp3) is 0.111. The predicted octanol–water partition coefficient (Wildman–Crippen LogP) is 2.10. The number of benzene rings is 2. The number of amides is 1. The summed E-state index contributed by atoms with van der Waals surface area (Å²) in [6, 6.07) is 12.2. The minimum absolute atomic E-state index is 0.160. The van der Waals surface area contributed by atoms with E-state index in [1.165, 1.54) is 6.07 Å². The quantitative estimate of drug-likeness (QED) is 0.542.